The molecule has 3 aromatic heterocycles. The molecule has 1 unspecified atom stereocenters. The Morgan fingerprint density at radius 3 is 2.69 bits per heavy atom. The second-order valence-corrected chi connectivity index (χ2v) is 10.4. The molecule has 1 N–H and O–H groups in total. The lowest BCUT2D eigenvalue weighted by Crippen LogP contribution is -2.11. The molecule has 0 bridgehead atoms. The normalized spacial score (nSPS) is 12.2. The Morgan fingerprint density at radius 1 is 1.06 bits per heavy atom. The third kappa shape index (κ3) is 6.57. The van der Waals surface area contributed by atoms with Gasteiger partial charge in [-0.05, 0) is 42.0 Å². The molecule has 0 aliphatic rings. The second kappa shape index (κ2) is 12.6. The zero-order valence-electron chi connectivity index (χ0n) is 20.9. The van der Waals surface area contributed by atoms with Crippen LogP contribution >= 0.6 is 11.3 Å². The van der Waals surface area contributed by atoms with Gasteiger partial charge >= 0.3 is 0 Å². The number of anilines is 1. The van der Waals surface area contributed by atoms with Crippen LogP contribution in [0.4, 0.5) is 5.69 Å². The summed E-state index contributed by atoms with van der Waals surface area (Å²) in [7, 11) is 0. The maximum atomic E-state index is 12.9. The molecule has 3 heterocycles. The minimum atomic E-state index is -0.0370. The summed E-state index contributed by atoms with van der Waals surface area (Å²) in [6.45, 7) is 5.56. The molecule has 6 heteroatoms. The molecule has 4 rings (SSSR count). The maximum absolute atomic E-state index is 12.9. The maximum Gasteiger partial charge on any atom is 0.208 e. The van der Waals surface area contributed by atoms with Crippen LogP contribution in [-0.2, 0) is 0 Å². The van der Waals surface area contributed by atoms with Crippen molar-refractivity contribution in [3.8, 4) is 11.3 Å². The SMILES string of the molecule is CCCCCCCCCC(C)CNc1cccc(-c2ccnc3c(C(=O)c4cccs4)cnn23)c1. The Morgan fingerprint density at radius 2 is 1.89 bits per heavy atom. The molecule has 0 spiro atoms. The summed E-state index contributed by atoms with van der Waals surface area (Å²) in [6, 6.07) is 14.1. The van der Waals surface area contributed by atoms with Gasteiger partial charge in [-0.15, -0.1) is 11.3 Å². The fourth-order valence-electron chi connectivity index (χ4n) is 4.44. The van der Waals surface area contributed by atoms with Crippen molar-refractivity contribution in [1.29, 1.82) is 0 Å². The minimum absolute atomic E-state index is 0.0370. The van der Waals surface area contributed by atoms with Gasteiger partial charge in [-0.3, -0.25) is 4.79 Å². The van der Waals surface area contributed by atoms with E-state index in [-0.39, 0.29) is 5.78 Å². The van der Waals surface area contributed by atoms with Crippen LogP contribution in [0.5, 0.6) is 0 Å². The number of unbranched alkanes of at least 4 members (excludes halogenated alkanes) is 6. The molecule has 0 radical (unpaired) electrons. The first-order chi connectivity index (χ1) is 17.2. The van der Waals surface area contributed by atoms with Crippen LogP contribution in [0.1, 0.15) is 80.4 Å². The highest BCUT2D eigenvalue weighted by Crippen LogP contribution is 2.26. The predicted molar refractivity (Wildman–Crippen MR) is 146 cm³/mol. The molecule has 0 aliphatic heterocycles. The Balaban J connectivity index is 1.37. The molecule has 184 valence electrons. The Labute approximate surface area is 212 Å². The lowest BCUT2D eigenvalue weighted by molar-refractivity contribution is 0.104. The molecule has 35 heavy (non-hydrogen) atoms. The summed E-state index contributed by atoms with van der Waals surface area (Å²) < 4.78 is 1.77. The lowest BCUT2D eigenvalue weighted by Gasteiger charge is -2.14. The van der Waals surface area contributed by atoms with Crippen molar-refractivity contribution in [3.63, 3.8) is 0 Å². The number of carbonyl (C=O) groups is 1. The molecule has 0 saturated heterocycles. The van der Waals surface area contributed by atoms with E-state index < -0.39 is 0 Å². The topological polar surface area (TPSA) is 59.3 Å². The largest absolute Gasteiger partial charge is 0.385 e. The molecule has 0 amide bonds. The third-order valence-electron chi connectivity index (χ3n) is 6.50. The summed E-state index contributed by atoms with van der Waals surface area (Å²) in [5.74, 6) is 0.601. The molecular weight excluding hydrogens is 452 g/mol. The number of thiophene rings is 1. The van der Waals surface area contributed by atoms with Gasteiger partial charge in [0.05, 0.1) is 22.3 Å². The molecule has 0 aliphatic carbocycles. The lowest BCUT2D eigenvalue weighted by atomic mass is 10.0. The first-order valence-electron chi connectivity index (χ1n) is 12.9. The van der Waals surface area contributed by atoms with E-state index in [2.05, 4.69) is 53.5 Å². The first-order valence-corrected chi connectivity index (χ1v) is 13.8. The summed E-state index contributed by atoms with van der Waals surface area (Å²) in [5, 5.41) is 10.0. The van der Waals surface area contributed by atoms with Gasteiger partial charge in [0.1, 0.15) is 0 Å². The highest BCUT2D eigenvalue weighted by molar-refractivity contribution is 7.12. The summed E-state index contributed by atoms with van der Waals surface area (Å²) in [5.41, 5.74) is 4.17. The van der Waals surface area contributed by atoms with Crippen molar-refractivity contribution < 1.29 is 4.79 Å². The highest BCUT2D eigenvalue weighted by Gasteiger charge is 2.18. The van der Waals surface area contributed by atoms with E-state index in [1.54, 1.807) is 16.9 Å². The van der Waals surface area contributed by atoms with Gasteiger partial charge < -0.3 is 5.32 Å². The van der Waals surface area contributed by atoms with E-state index in [0.717, 1.165) is 23.5 Å². The summed E-state index contributed by atoms with van der Waals surface area (Å²) in [4.78, 5) is 18.1. The Hall–Kier alpha value is -2.99. The predicted octanol–water partition coefficient (Wildman–Crippen LogP) is 7.88. The second-order valence-electron chi connectivity index (χ2n) is 9.41. The van der Waals surface area contributed by atoms with Gasteiger partial charge in [0.15, 0.2) is 5.65 Å². The molecule has 4 aromatic rings. The quantitative estimate of drug-likeness (QED) is 0.145. The van der Waals surface area contributed by atoms with Crippen LogP contribution in [0.25, 0.3) is 16.9 Å². The molecule has 1 atom stereocenters. The third-order valence-corrected chi connectivity index (χ3v) is 7.37. The van der Waals surface area contributed by atoms with E-state index in [1.165, 1.54) is 62.7 Å². The van der Waals surface area contributed by atoms with Gasteiger partial charge in [-0.1, -0.05) is 77.0 Å². The fourth-order valence-corrected chi connectivity index (χ4v) is 5.12. The monoisotopic (exact) mass is 488 g/mol. The van der Waals surface area contributed by atoms with Crippen LogP contribution in [0.3, 0.4) is 0 Å². The van der Waals surface area contributed by atoms with E-state index in [4.69, 9.17) is 0 Å². The molecular formula is C29H36N4OS. The van der Waals surface area contributed by atoms with E-state index in [1.807, 2.05) is 23.6 Å². The number of rotatable bonds is 14. The van der Waals surface area contributed by atoms with Gasteiger partial charge in [0.2, 0.25) is 5.78 Å². The number of nitrogens with one attached hydrogen (secondary N) is 1. The summed E-state index contributed by atoms with van der Waals surface area (Å²) >= 11 is 1.44. The Bertz CT molecular complexity index is 1210. The van der Waals surface area contributed by atoms with Crippen LogP contribution < -0.4 is 5.32 Å². The smallest absolute Gasteiger partial charge is 0.208 e. The first kappa shape index (κ1) is 25.1. The van der Waals surface area contributed by atoms with Crippen molar-refractivity contribution in [2.24, 2.45) is 5.92 Å². The van der Waals surface area contributed by atoms with Crippen LogP contribution in [0, 0.1) is 5.92 Å². The zero-order chi connectivity index (χ0) is 24.5. The molecule has 0 fully saturated rings. The van der Waals surface area contributed by atoms with Crippen molar-refractivity contribution in [2.75, 3.05) is 11.9 Å². The van der Waals surface area contributed by atoms with Crippen molar-refractivity contribution >= 4 is 28.5 Å². The number of nitrogens with zero attached hydrogens (tertiary/aromatic N) is 3. The van der Waals surface area contributed by atoms with Crippen LogP contribution in [0.2, 0.25) is 0 Å². The van der Waals surface area contributed by atoms with Gasteiger partial charge in [-0.2, -0.15) is 5.10 Å². The fraction of sp³-hybridized carbons (Fsp3) is 0.414. The van der Waals surface area contributed by atoms with Gasteiger partial charge in [0.25, 0.3) is 0 Å². The highest BCUT2D eigenvalue weighted by atomic mass is 32.1. The van der Waals surface area contributed by atoms with E-state index in [0.29, 0.717) is 22.0 Å². The number of carbonyl (C=O) groups excluding carboxylic acids is 1. The minimum Gasteiger partial charge on any atom is -0.385 e. The number of fused-ring (bicyclic) bond motifs is 1. The van der Waals surface area contributed by atoms with Gasteiger partial charge in [-0.25, -0.2) is 9.50 Å². The average Bonchev–Trinajstić information content (AvgIpc) is 3.57. The Kier molecular flexibility index (Phi) is 9.07. The average molecular weight is 489 g/mol. The van der Waals surface area contributed by atoms with Crippen LogP contribution in [-0.4, -0.2) is 26.9 Å². The van der Waals surface area contributed by atoms with Crippen molar-refractivity contribution in [1.82, 2.24) is 14.6 Å². The van der Waals surface area contributed by atoms with Crippen molar-refractivity contribution in [3.05, 3.63) is 70.7 Å². The number of hydrogen-bond acceptors (Lipinski definition) is 5. The molecule has 0 saturated carbocycles. The standard InChI is InChI=1S/C29H36N4OS/c1-3-4-5-6-7-8-9-12-22(2)20-31-24-14-10-13-23(19-24)26-16-17-30-29-25(21-32-33(26)29)28(34)27-15-11-18-35-27/h10-11,13-19,21-22,31H,3-9,12,20H2,1-2H3. The number of aromatic nitrogens is 3. The molecule has 5 nitrogen and oxygen atoms in total. The molecule has 1 aromatic carbocycles. The number of hydrogen-bond donors (Lipinski definition) is 1. The number of ketones is 1. The van der Waals surface area contributed by atoms with E-state index >= 15 is 0 Å². The van der Waals surface area contributed by atoms with Crippen molar-refractivity contribution in [2.45, 2.75) is 65.2 Å². The van der Waals surface area contributed by atoms with E-state index in [9.17, 15) is 4.79 Å². The zero-order valence-corrected chi connectivity index (χ0v) is 21.7. The number of benzene rings is 1. The van der Waals surface area contributed by atoms with Gasteiger partial charge in [0, 0.05) is 24.0 Å². The van der Waals surface area contributed by atoms with Crippen LogP contribution in [0.15, 0.2) is 60.2 Å². The summed E-state index contributed by atoms with van der Waals surface area (Å²) in [6.07, 6.45) is 14.1.